The van der Waals surface area contributed by atoms with Gasteiger partial charge in [-0.2, -0.15) is 0 Å². The van der Waals surface area contributed by atoms with Crippen LogP contribution in [0.5, 0.6) is 0 Å². The van der Waals surface area contributed by atoms with Gasteiger partial charge in [-0.3, -0.25) is 4.79 Å². The first-order valence-electron chi connectivity index (χ1n) is 30.9. The molecule has 0 unspecified atom stereocenters. The molecule has 10 atom stereocenters. The van der Waals surface area contributed by atoms with Gasteiger partial charge in [-0.15, -0.1) is 0 Å². The highest BCUT2D eigenvalue weighted by atomic mass is 28.4. The van der Waals surface area contributed by atoms with E-state index in [1.54, 1.807) is 0 Å². The van der Waals surface area contributed by atoms with E-state index in [1.807, 2.05) is 13.0 Å². The molecule has 0 aromatic rings. The molecule has 0 fully saturated rings. The molecule has 0 saturated heterocycles. The zero-order valence-corrected chi connectivity index (χ0v) is 61.5. The average Bonchev–Trinajstić information content (AvgIpc) is 3.25. The first-order valence-corrected chi connectivity index (χ1v) is 42.6. The zero-order valence-electron chi connectivity index (χ0n) is 57.5. The van der Waals surface area contributed by atoms with Crippen LogP contribution in [0.2, 0.25) is 72.5 Å². The maximum atomic E-state index is 13.4. The molecule has 0 saturated carbocycles. The Bertz CT molecular complexity index is 2150. The van der Waals surface area contributed by atoms with E-state index in [2.05, 4.69) is 246 Å². The summed E-state index contributed by atoms with van der Waals surface area (Å²) in [5.74, 6) is 0.111. The van der Waals surface area contributed by atoms with Crippen LogP contribution in [0.15, 0.2) is 83.1 Å². The predicted molar refractivity (Wildman–Crippen MR) is 355 cm³/mol. The van der Waals surface area contributed by atoms with Crippen LogP contribution in [0.25, 0.3) is 0 Å². The van der Waals surface area contributed by atoms with Gasteiger partial charge < -0.3 is 27.2 Å². The standard InChI is InChI=1S/C68H126O8Si4/c1-49(35-33-36-50(2)46-61(75-79(27,28)67(17,18)19)56(8)47-57(9)73-77(23,24)65(11,12)13)43-51(3)41-42-64(70)71-59-39-34-40-63(69)72-60(38-32-31-37-53(59)5)54(6)44-52(4)45-55(7)62(76-80(29,30)68(20,21)22)48-58(10)74-78(25,26)66(14,15)16/h31-33,35-36,41-43,45-46,53-62H,34,37-40,44,47-48H2,1-30H3/b32-31+,36-33+,42-41+,49-35?,50-46+,51-43?,52-45+/t53-,54-,55+,56-,57+,58+,59-,60+,61-,62+/m0/s1. The lowest BCUT2D eigenvalue weighted by atomic mass is 9.90. The van der Waals surface area contributed by atoms with Gasteiger partial charge in [0.1, 0.15) is 12.2 Å². The Hall–Kier alpha value is -2.17. The van der Waals surface area contributed by atoms with E-state index < -0.39 is 33.3 Å². The molecule has 1 heterocycles. The van der Waals surface area contributed by atoms with Gasteiger partial charge in [0.15, 0.2) is 33.3 Å². The Morgan fingerprint density at radius 1 is 0.637 bits per heavy atom. The monoisotopic (exact) mass is 1180 g/mol. The second-order valence-corrected chi connectivity index (χ2v) is 49.9. The molecule has 12 heteroatoms. The number of hydrogen-bond donors (Lipinski definition) is 0. The summed E-state index contributed by atoms with van der Waals surface area (Å²) < 4.78 is 40.3. The third-order valence-corrected chi connectivity index (χ3v) is 36.7. The fourth-order valence-electron chi connectivity index (χ4n) is 9.19. The Morgan fingerprint density at radius 3 is 1.65 bits per heavy atom. The molecule has 0 amide bonds. The topological polar surface area (TPSA) is 89.5 Å². The number of cyclic esters (lactones) is 1. The minimum Gasteiger partial charge on any atom is -0.462 e. The number of allylic oxidation sites excluding steroid dienone is 10. The molecule has 0 radical (unpaired) electrons. The molecular formula is C68H126O8Si4. The van der Waals surface area contributed by atoms with Gasteiger partial charge in [-0.25, -0.2) is 4.79 Å². The fraction of sp³-hybridized carbons (Fsp3) is 0.765. The summed E-state index contributed by atoms with van der Waals surface area (Å²) in [5.41, 5.74) is 4.45. The highest BCUT2D eigenvalue weighted by Crippen LogP contribution is 2.43. The fourth-order valence-corrected chi connectivity index (χ4v) is 14.9. The van der Waals surface area contributed by atoms with Gasteiger partial charge in [0.25, 0.3) is 0 Å². The van der Waals surface area contributed by atoms with Crippen LogP contribution in [-0.2, 0) is 36.8 Å². The zero-order chi connectivity index (χ0) is 62.2. The van der Waals surface area contributed by atoms with Crippen molar-refractivity contribution >= 4 is 45.2 Å². The molecule has 0 bridgehead atoms. The summed E-state index contributed by atoms with van der Waals surface area (Å²) in [5, 5.41) is 0.484. The van der Waals surface area contributed by atoms with E-state index in [0.717, 1.165) is 42.4 Å². The van der Waals surface area contributed by atoms with E-state index in [1.165, 1.54) is 11.6 Å². The molecule has 0 aromatic heterocycles. The Morgan fingerprint density at radius 2 is 1.12 bits per heavy atom. The van der Waals surface area contributed by atoms with Gasteiger partial charge in [0.2, 0.25) is 0 Å². The molecule has 0 N–H and O–H groups in total. The molecular weight excluding hydrogens is 1060 g/mol. The summed E-state index contributed by atoms with van der Waals surface area (Å²) in [6.45, 7) is 68.1. The minimum atomic E-state index is -2.07. The largest absolute Gasteiger partial charge is 0.462 e. The summed E-state index contributed by atoms with van der Waals surface area (Å²) in [6.07, 6.45) is 25.9. The van der Waals surface area contributed by atoms with Crippen LogP contribution in [0.4, 0.5) is 0 Å². The van der Waals surface area contributed by atoms with Crippen LogP contribution in [0.1, 0.15) is 204 Å². The maximum Gasteiger partial charge on any atom is 0.331 e. The quantitative estimate of drug-likeness (QED) is 0.0294. The summed E-state index contributed by atoms with van der Waals surface area (Å²) in [7, 11) is -7.97. The summed E-state index contributed by atoms with van der Waals surface area (Å²) >= 11 is 0. The van der Waals surface area contributed by atoms with E-state index in [0.29, 0.717) is 19.3 Å². The van der Waals surface area contributed by atoms with Crippen molar-refractivity contribution in [3.05, 3.63) is 83.1 Å². The third kappa shape index (κ3) is 26.8. The number of hydrogen-bond acceptors (Lipinski definition) is 8. The average molecular weight is 1180 g/mol. The van der Waals surface area contributed by atoms with Crippen molar-refractivity contribution in [2.45, 2.75) is 313 Å². The van der Waals surface area contributed by atoms with Crippen LogP contribution in [-0.4, -0.2) is 81.8 Å². The second kappa shape index (κ2) is 31.8. The van der Waals surface area contributed by atoms with Gasteiger partial charge in [0, 0.05) is 31.1 Å². The lowest BCUT2D eigenvalue weighted by molar-refractivity contribution is -0.152. The summed E-state index contributed by atoms with van der Waals surface area (Å²) in [6, 6.07) is 0. The number of ether oxygens (including phenoxy) is 2. The number of carbonyl (C=O) groups excluding carboxylic acids is 2. The highest BCUT2D eigenvalue weighted by molar-refractivity contribution is 6.75. The Kier molecular flexibility index (Phi) is 30.2. The molecule has 1 rings (SSSR count). The molecule has 0 aliphatic carbocycles. The number of esters is 2. The number of carbonyl (C=O) groups is 2. The van der Waals surface area contributed by atoms with E-state index in [4.69, 9.17) is 27.2 Å². The van der Waals surface area contributed by atoms with Crippen molar-refractivity contribution in [1.29, 1.82) is 0 Å². The Balaban J connectivity index is 3.12. The lowest BCUT2D eigenvalue weighted by Crippen LogP contribution is -2.48. The van der Waals surface area contributed by atoms with Crippen molar-refractivity contribution in [1.82, 2.24) is 0 Å². The smallest absolute Gasteiger partial charge is 0.331 e. The molecule has 0 aromatic carbocycles. The molecule has 0 spiro atoms. The normalized spacial score (nSPS) is 22.5. The van der Waals surface area contributed by atoms with Crippen molar-refractivity contribution in [3.8, 4) is 0 Å². The molecule has 462 valence electrons. The lowest BCUT2D eigenvalue weighted by Gasteiger charge is -2.43. The van der Waals surface area contributed by atoms with Crippen molar-refractivity contribution < 1.29 is 36.8 Å². The maximum absolute atomic E-state index is 13.4. The Labute approximate surface area is 498 Å². The molecule has 80 heavy (non-hydrogen) atoms. The van der Waals surface area contributed by atoms with Gasteiger partial charge in [-0.1, -0.05) is 188 Å². The van der Waals surface area contributed by atoms with Gasteiger partial charge in [0.05, 0.1) is 12.2 Å². The first kappa shape index (κ1) is 75.8. The number of rotatable bonds is 25. The van der Waals surface area contributed by atoms with Crippen LogP contribution in [0.3, 0.4) is 0 Å². The van der Waals surface area contributed by atoms with Crippen LogP contribution >= 0.6 is 0 Å². The van der Waals surface area contributed by atoms with E-state index in [-0.39, 0.29) is 98.8 Å². The van der Waals surface area contributed by atoms with Crippen molar-refractivity contribution in [2.75, 3.05) is 0 Å². The third-order valence-electron chi connectivity index (χ3n) is 18.5. The summed E-state index contributed by atoms with van der Waals surface area (Å²) in [4.78, 5) is 26.7. The van der Waals surface area contributed by atoms with Crippen LogP contribution in [0, 0.1) is 23.7 Å². The molecule has 1 aliphatic rings. The van der Waals surface area contributed by atoms with E-state index in [9.17, 15) is 9.59 Å². The van der Waals surface area contributed by atoms with Crippen molar-refractivity contribution in [2.24, 2.45) is 23.7 Å². The second-order valence-electron chi connectivity index (χ2n) is 30.9. The molecule has 1 aliphatic heterocycles. The predicted octanol–water partition coefficient (Wildman–Crippen LogP) is 20.5. The minimum absolute atomic E-state index is 0.0223. The first-order chi connectivity index (χ1) is 36.1. The highest BCUT2D eigenvalue weighted by Gasteiger charge is 2.44. The SMILES string of the molecule is CC(=C/C=C/C(C)=C/[C@H](O[Si](C)(C)C(C)(C)C)[C@@H](C)C[C@@H](C)O[Si](C)(C)C(C)(C)C)C=C(C)/C=C/C(=O)O[C@H]1CCCC(=O)O[C@@H]([C@@H](C)C/C(C)=C/[C@@H](C)[C@@H](C[C@@H](C)O[Si](C)(C)C(C)(C)C)O[Si](C)(C)C(C)(C)C)C/C=C/C[C@@H]1C. The van der Waals surface area contributed by atoms with E-state index >= 15 is 0 Å². The van der Waals surface area contributed by atoms with Gasteiger partial charge >= 0.3 is 11.9 Å². The van der Waals surface area contributed by atoms with Crippen molar-refractivity contribution in [3.63, 3.8) is 0 Å². The van der Waals surface area contributed by atoms with Gasteiger partial charge in [-0.05, 0) is 176 Å². The molecule has 8 nitrogen and oxygen atoms in total. The van der Waals surface area contributed by atoms with Crippen LogP contribution < -0.4 is 0 Å².